The smallest absolute Gasteiger partial charge is 0.382 e. The van der Waals surface area contributed by atoms with Gasteiger partial charge in [-0.05, 0) is 0 Å². The van der Waals surface area contributed by atoms with Crippen molar-refractivity contribution in [3.8, 4) is 0 Å². The van der Waals surface area contributed by atoms with Crippen LogP contribution in [0.2, 0.25) is 0 Å². The monoisotopic (exact) mass is 689 g/mol. The Hall–Kier alpha value is -3.71. The number of ether oxygens (including phenoxy) is 3. The number of methoxy groups -OCH3 is 1. The molecule has 0 saturated carbocycles. The fourth-order valence-corrected chi connectivity index (χ4v) is 7.45. The van der Waals surface area contributed by atoms with Crippen molar-refractivity contribution in [3.63, 3.8) is 0 Å². The van der Waals surface area contributed by atoms with Crippen molar-refractivity contribution < 1.29 is 49.7 Å². The standard InChI is InChI=1S/C21H25FN11O11PS/c1-39-13-8-3-40-45(35,36)43-12-7(41-19(9(12)22)32-5-27-10-15(23)25-4-26-16(10)32)2-29-46(37,38)44-14(13)20(42-8)33-6-28-11-17(33)30-21(24)31-18(11)34/h4-9,12-14,19-20,29H,2-3H2,1H3,(H,35,36)(H2,23,25,26)(H3,24,30,31,34)/t7-,8-,9+,12-,13-,14-,19-,20-/m1/s1. The van der Waals surface area contributed by atoms with Gasteiger partial charge in [0.1, 0.15) is 36.3 Å². The van der Waals surface area contributed by atoms with Crippen LogP contribution in [0.1, 0.15) is 12.5 Å². The zero-order valence-corrected chi connectivity index (χ0v) is 25.0. The van der Waals surface area contributed by atoms with E-state index in [-0.39, 0.29) is 34.1 Å². The van der Waals surface area contributed by atoms with Crippen molar-refractivity contribution in [3.05, 3.63) is 29.3 Å². The maximum atomic E-state index is 16.0. The first-order chi connectivity index (χ1) is 21.9. The predicted octanol–water partition coefficient (Wildman–Crippen LogP) is -1.99. The maximum absolute atomic E-state index is 16.0. The number of hydrogen-bond donors (Lipinski definition) is 5. The van der Waals surface area contributed by atoms with Gasteiger partial charge < -0.3 is 30.6 Å². The van der Waals surface area contributed by atoms with Gasteiger partial charge in [0.2, 0.25) is 5.95 Å². The molecule has 0 spiro atoms. The summed E-state index contributed by atoms with van der Waals surface area (Å²) in [5.41, 5.74) is 10.8. The second-order valence-corrected chi connectivity index (χ2v) is 13.1. The minimum atomic E-state index is -5.09. The number of nitrogens with one attached hydrogen (secondary N) is 2. The largest absolute Gasteiger partial charge is 0.472 e. The van der Waals surface area contributed by atoms with Crippen molar-refractivity contribution in [2.75, 3.05) is 31.7 Å². The van der Waals surface area contributed by atoms with Gasteiger partial charge in [0, 0.05) is 13.7 Å². The Morgan fingerprint density at radius 3 is 2.54 bits per heavy atom. The zero-order chi connectivity index (χ0) is 32.5. The number of fused-ring (bicyclic) bond motifs is 5. The molecule has 7 rings (SSSR count). The van der Waals surface area contributed by atoms with Gasteiger partial charge >= 0.3 is 18.1 Å². The van der Waals surface area contributed by atoms with Gasteiger partial charge in [-0.1, -0.05) is 0 Å². The van der Waals surface area contributed by atoms with Crippen LogP contribution in [0, 0.1) is 0 Å². The molecule has 4 aromatic heterocycles. The second kappa shape index (κ2) is 11.2. The molecule has 25 heteroatoms. The molecule has 0 amide bonds. The highest BCUT2D eigenvalue weighted by molar-refractivity contribution is 7.84. The van der Waals surface area contributed by atoms with E-state index in [1.807, 2.05) is 0 Å². The highest BCUT2D eigenvalue weighted by atomic mass is 32.2. The summed E-state index contributed by atoms with van der Waals surface area (Å²) in [6, 6.07) is 0. The Kier molecular flexibility index (Phi) is 7.54. The SMILES string of the molecule is CO[C@H]1[C@H]2OS(=O)(=O)NC[C@H]3O[C@@H](n4cnc5c(N)ncnc54)[C@@H](F)[C@@H]3O[P@](=O)(O)OC[C@H]1O[C@H]2n1cnc2c(=O)[nH]c(N)nc21. The molecule has 3 aliphatic heterocycles. The molecule has 9 atom stereocenters. The maximum Gasteiger partial charge on any atom is 0.472 e. The van der Waals surface area contributed by atoms with E-state index >= 15 is 4.39 Å². The van der Waals surface area contributed by atoms with E-state index < -0.39 is 86.0 Å². The Balaban J connectivity index is 1.22. The van der Waals surface area contributed by atoms with Crippen molar-refractivity contribution in [2.24, 2.45) is 0 Å². The Labute approximate surface area is 256 Å². The molecule has 4 aromatic rings. The Morgan fingerprint density at radius 1 is 1.07 bits per heavy atom. The number of H-pyrrole nitrogens is 1. The molecule has 0 aliphatic carbocycles. The highest BCUT2D eigenvalue weighted by Crippen LogP contribution is 2.50. The van der Waals surface area contributed by atoms with Crippen molar-refractivity contribution >= 4 is 52.2 Å². The summed E-state index contributed by atoms with van der Waals surface area (Å²) >= 11 is 0. The fraction of sp³-hybridized carbons (Fsp3) is 0.524. The molecule has 3 fully saturated rings. The van der Waals surface area contributed by atoms with E-state index in [0.717, 1.165) is 17.2 Å². The second-order valence-electron chi connectivity index (χ2n) is 10.3. The minimum absolute atomic E-state index is 0.00777. The number of aromatic nitrogens is 8. The van der Waals surface area contributed by atoms with Crippen LogP contribution in [-0.2, 0) is 42.3 Å². The molecule has 0 aromatic carbocycles. The number of aromatic amines is 1. The van der Waals surface area contributed by atoms with Crippen molar-refractivity contribution in [1.29, 1.82) is 0 Å². The van der Waals surface area contributed by atoms with Crippen LogP contribution < -0.4 is 21.7 Å². The third kappa shape index (κ3) is 5.30. The molecule has 0 unspecified atom stereocenters. The molecule has 3 saturated heterocycles. The number of halogens is 1. The van der Waals surface area contributed by atoms with E-state index in [0.29, 0.717) is 0 Å². The molecule has 22 nitrogen and oxygen atoms in total. The zero-order valence-electron chi connectivity index (χ0n) is 23.3. The number of hydrogen-bond acceptors (Lipinski definition) is 17. The lowest BCUT2D eigenvalue weighted by atomic mass is 10.1. The van der Waals surface area contributed by atoms with Gasteiger partial charge in [-0.3, -0.25) is 28.0 Å². The van der Waals surface area contributed by atoms with Gasteiger partial charge in [0.05, 0.1) is 19.3 Å². The first-order valence-electron chi connectivity index (χ1n) is 13.3. The van der Waals surface area contributed by atoms with Crippen LogP contribution >= 0.6 is 7.82 Å². The van der Waals surface area contributed by atoms with Crippen molar-refractivity contribution in [2.45, 2.75) is 49.1 Å². The molecule has 2 bridgehead atoms. The van der Waals surface area contributed by atoms with Gasteiger partial charge in [0.15, 0.2) is 47.4 Å². The number of imidazole rings is 2. The average Bonchev–Trinajstić information content (AvgIpc) is 3.75. The van der Waals surface area contributed by atoms with Gasteiger partial charge in [-0.2, -0.15) is 18.1 Å². The van der Waals surface area contributed by atoms with Gasteiger partial charge in [-0.15, -0.1) is 0 Å². The number of alkyl halides is 1. The number of rotatable bonds is 3. The third-order valence-corrected chi connectivity index (χ3v) is 9.55. The van der Waals surface area contributed by atoms with E-state index in [4.69, 9.17) is 38.9 Å². The van der Waals surface area contributed by atoms with Gasteiger partial charge in [-0.25, -0.2) is 33.1 Å². The molecule has 0 radical (unpaired) electrons. The number of nitrogens with zero attached hydrogens (tertiary/aromatic N) is 7. The number of phosphoric ester groups is 1. The molecular formula is C21H25FN11O11PS. The van der Waals surface area contributed by atoms with E-state index in [9.17, 15) is 22.7 Å². The van der Waals surface area contributed by atoms with E-state index in [1.165, 1.54) is 18.0 Å². The van der Waals surface area contributed by atoms with Crippen LogP contribution in [0.3, 0.4) is 0 Å². The van der Waals surface area contributed by atoms with Crippen LogP contribution in [0.15, 0.2) is 23.8 Å². The molecular weight excluding hydrogens is 664 g/mol. The van der Waals surface area contributed by atoms with Crippen LogP contribution in [0.5, 0.6) is 0 Å². The molecule has 3 aliphatic rings. The lowest BCUT2D eigenvalue weighted by Gasteiger charge is -2.24. The quantitative estimate of drug-likeness (QED) is 0.145. The summed E-state index contributed by atoms with van der Waals surface area (Å²) in [4.78, 5) is 45.3. The topological polar surface area (TPSA) is 298 Å². The minimum Gasteiger partial charge on any atom is -0.382 e. The normalized spacial score (nSPS) is 35.0. The third-order valence-electron chi connectivity index (χ3n) is 7.57. The predicted molar refractivity (Wildman–Crippen MR) is 148 cm³/mol. The summed E-state index contributed by atoms with van der Waals surface area (Å²) in [7, 11) is -8.61. The lowest BCUT2D eigenvalue weighted by Crippen LogP contribution is -2.44. The number of nitrogen functional groups attached to an aromatic ring is 2. The first-order valence-corrected chi connectivity index (χ1v) is 16.2. The van der Waals surface area contributed by atoms with E-state index in [1.54, 1.807) is 0 Å². The van der Waals surface area contributed by atoms with Crippen molar-refractivity contribution in [1.82, 2.24) is 43.8 Å². The summed E-state index contributed by atoms with van der Waals surface area (Å²) in [6.45, 7) is -1.42. The number of anilines is 2. The summed E-state index contributed by atoms with van der Waals surface area (Å²) in [6.07, 6.45) is -9.05. The summed E-state index contributed by atoms with van der Waals surface area (Å²) in [5, 5.41) is 0. The van der Waals surface area contributed by atoms with Crippen LogP contribution in [-0.4, -0.2) is 109 Å². The molecule has 248 valence electrons. The Bertz CT molecular complexity index is 2030. The summed E-state index contributed by atoms with van der Waals surface area (Å²) < 4.78 is 93.3. The van der Waals surface area contributed by atoms with E-state index in [2.05, 4.69) is 34.6 Å². The molecule has 7 heterocycles. The molecule has 46 heavy (non-hydrogen) atoms. The highest BCUT2D eigenvalue weighted by Gasteiger charge is 2.54. The lowest BCUT2D eigenvalue weighted by molar-refractivity contribution is -0.0572. The van der Waals surface area contributed by atoms with Gasteiger partial charge in [0.25, 0.3) is 5.56 Å². The molecule has 7 N–H and O–H groups in total. The summed E-state index contributed by atoms with van der Waals surface area (Å²) in [5.74, 6) is -0.253. The van der Waals surface area contributed by atoms with Crippen LogP contribution in [0.4, 0.5) is 16.2 Å². The number of nitrogens with two attached hydrogens (primary N) is 2. The number of phosphoric acid groups is 1. The van der Waals surface area contributed by atoms with Crippen LogP contribution in [0.25, 0.3) is 22.3 Å². The average molecular weight is 690 g/mol. The fourth-order valence-electron chi connectivity index (χ4n) is 5.56. The Morgan fingerprint density at radius 2 is 1.78 bits per heavy atom. The first kappa shape index (κ1) is 30.9.